The maximum absolute atomic E-state index is 13.6. The first-order chi connectivity index (χ1) is 20.7. The van der Waals surface area contributed by atoms with E-state index in [0.717, 1.165) is 40.7 Å². The molecule has 20 heteroatoms. The first-order valence-electron chi connectivity index (χ1n) is 12.4. The lowest BCUT2D eigenvalue weighted by molar-refractivity contribution is -0.275. The number of ether oxygens (including phenoxy) is 2. The van der Waals surface area contributed by atoms with Crippen molar-refractivity contribution in [1.29, 1.82) is 0 Å². The van der Waals surface area contributed by atoms with Crippen LogP contribution in [-0.4, -0.2) is 77.4 Å². The van der Waals surface area contributed by atoms with Gasteiger partial charge >= 0.3 is 12.7 Å². The van der Waals surface area contributed by atoms with Crippen molar-refractivity contribution in [3.8, 4) is 11.5 Å². The Kier molecular flexibility index (Phi) is 8.49. The second-order valence-electron chi connectivity index (χ2n) is 9.12. The van der Waals surface area contributed by atoms with Crippen molar-refractivity contribution in [1.82, 2.24) is 30.0 Å². The number of nitrogens with zero attached hydrogens (tertiary/aromatic N) is 6. The van der Waals surface area contributed by atoms with E-state index in [1.54, 1.807) is 4.90 Å². The van der Waals surface area contributed by atoms with Gasteiger partial charge in [-0.25, -0.2) is 8.42 Å². The van der Waals surface area contributed by atoms with E-state index in [4.69, 9.17) is 0 Å². The molecule has 4 aromatic rings. The normalized spacial score (nSPS) is 16.6. The summed E-state index contributed by atoms with van der Waals surface area (Å²) in [6.45, 7) is -0.440. The molecule has 12 nitrogen and oxygen atoms in total. The van der Waals surface area contributed by atoms with E-state index in [1.165, 1.54) is 29.7 Å². The van der Waals surface area contributed by atoms with Crippen LogP contribution in [-0.2, 0) is 21.4 Å². The minimum Gasteiger partial charge on any atom is -0.406 e. The Morgan fingerprint density at radius 1 is 0.955 bits per heavy atom. The summed E-state index contributed by atoms with van der Waals surface area (Å²) in [7, 11) is -4.42. The SMILES string of the molecule is O=C(NCc1ccc(OC(F)(F)F)cc1)[C@H]1CN(c2nc3nnncc3s2)CCN1S(=O)(=O)c1ccc(OC(F)(F)F)cc1. The summed E-state index contributed by atoms with van der Waals surface area (Å²) in [6.07, 6.45) is -8.41. The van der Waals surface area contributed by atoms with Gasteiger partial charge in [0, 0.05) is 26.2 Å². The number of thiazole rings is 1. The van der Waals surface area contributed by atoms with Crippen LogP contribution in [0.25, 0.3) is 10.3 Å². The Morgan fingerprint density at radius 2 is 1.57 bits per heavy atom. The van der Waals surface area contributed by atoms with Crippen molar-refractivity contribution >= 4 is 42.7 Å². The van der Waals surface area contributed by atoms with Crippen molar-refractivity contribution in [3.63, 3.8) is 0 Å². The fraction of sp³-hybridized carbons (Fsp3) is 0.292. The number of anilines is 1. The zero-order valence-electron chi connectivity index (χ0n) is 21.9. The minimum atomic E-state index is -4.98. The Bertz CT molecular complexity index is 1700. The van der Waals surface area contributed by atoms with Gasteiger partial charge in [0.25, 0.3) is 0 Å². The van der Waals surface area contributed by atoms with Crippen molar-refractivity contribution in [2.45, 2.75) is 30.2 Å². The molecule has 3 heterocycles. The van der Waals surface area contributed by atoms with Crippen LogP contribution >= 0.6 is 11.3 Å². The van der Waals surface area contributed by atoms with Gasteiger partial charge in [0.05, 0.1) is 15.8 Å². The topological polar surface area (TPSA) is 140 Å². The zero-order valence-corrected chi connectivity index (χ0v) is 23.5. The molecule has 2 aromatic carbocycles. The van der Waals surface area contributed by atoms with Gasteiger partial charge < -0.3 is 19.7 Å². The number of fused-ring (bicyclic) bond motifs is 1. The number of carbonyl (C=O) groups excluding carboxylic acids is 1. The van der Waals surface area contributed by atoms with Crippen LogP contribution in [0.15, 0.2) is 59.6 Å². The van der Waals surface area contributed by atoms with Gasteiger partial charge in [-0.2, -0.15) is 9.29 Å². The Balaban J connectivity index is 1.37. The standard InChI is InChI=1S/C24H19F6N7O5S2/c25-23(26,27)41-15-3-1-14(2-4-15)11-31-21(38)18-13-36(22-33-20-19(43-22)12-32-35-34-20)9-10-37(18)44(39,40)17-7-5-16(6-8-17)42-24(28,29)30/h1-8,12,18H,9-11,13H2,(H,31,38)/t18-/m1/s1. The first-order valence-corrected chi connectivity index (χ1v) is 14.6. The second kappa shape index (κ2) is 12.0. The summed E-state index contributed by atoms with van der Waals surface area (Å²) in [5.41, 5.74) is 0.697. The average molecular weight is 664 g/mol. The van der Waals surface area contributed by atoms with Crippen molar-refractivity contribution in [2.24, 2.45) is 0 Å². The van der Waals surface area contributed by atoms with Crippen molar-refractivity contribution in [3.05, 3.63) is 60.3 Å². The number of hydrogen-bond donors (Lipinski definition) is 1. The number of amides is 1. The molecule has 1 N–H and O–H groups in total. The van der Waals surface area contributed by atoms with E-state index in [-0.39, 0.29) is 31.1 Å². The maximum Gasteiger partial charge on any atom is 0.573 e. The number of sulfonamides is 1. The number of carbonyl (C=O) groups is 1. The number of piperazine rings is 1. The third-order valence-electron chi connectivity index (χ3n) is 6.18. The first kappa shape index (κ1) is 31.1. The third-order valence-corrected chi connectivity index (χ3v) is 9.14. The molecule has 2 aromatic heterocycles. The minimum absolute atomic E-state index is 0.0969. The highest BCUT2D eigenvalue weighted by Crippen LogP contribution is 2.31. The summed E-state index contributed by atoms with van der Waals surface area (Å²) >= 11 is 1.20. The molecule has 0 bridgehead atoms. The van der Waals surface area contributed by atoms with Crippen LogP contribution in [0.4, 0.5) is 31.5 Å². The molecule has 234 valence electrons. The number of rotatable bonds is 8. The molecular weight excluding hydrogens is 644 g/mol. The highest BCUT2D eigenvalue weighted by molar-refractivity contribution is 7.89. The van der Waals surface area contributed by atoms with Crippen LogP contribution in [0.2, 0.25) is 0 Å². The second-order valence-corrected chi connectivity index (χ2v) is 12.0. The molecule has 0 radical (unpaired) electrons. The van der Waals surface area contributed by atoms with Gasteiger partial charge in [0.15, 0.2) is 10.8 Å². The van der Waals surface area contributed by atoms with Gasteiger partial charge in [0.1, 0.15) is 17.5 Å². The lowest BCUT2D eigenvalue weighted by Gasteiger charge is -2.39. The van der Waals surface area contributed by atoms with E-state index >= 15 is 0 Å². The molecule has 5 rings (SSSR count). The molecular formula is C24H19F6N7O5S2. The van der Waals surface area contributed by atoms with Crippen molar-refractivity contribution in [2.75, 3.05) is 24.5 Å². The largest absolute Gasteiger partial charge is 0.573 e. The summed E-state index contributed by atoms with van der Waals surface area (Å²) in [6, 6.07) is 6.92. The number of nitrogens with one attached hydrogen (secondary N) is 1. The number of halogens is 6. The van der Waals surface area contributed by atoms with Crippen LogP contribution < -0.4 is 19.7 Å². The van der Waals surface area contributed by atoms with Gasteiger partial charge in [-0.1, -0.05) is 23.5 Å². The van der Waals surface area contributed by atoms with Gasteiger partial charge in [-0.05, 0) is 47.2 Å². The highest BCUT2D eigenvalue weighted by atomic mass is 32.2. The molecule has 0 saturated carbocycles. The van der Waals surface area contributed by atoms with Crippen molar-refractivity contribution < 1.29 is 49.0 Å². The van der Waals surface area contributed by atoms with Gasteiger partial charge in [-0.3, -0.25) is 4.79 Å². The molecule has 0 unspecified atom stereocenters. The molecule has 1 fully saturated rings. The lowest BCUT2D eigenvalue weighted by Crippen LogP contribution is -2.60. The molecule has 0 aliphatic carbocycles. The molecule has 1 aliphatic heterocycles. The van der Waals surface area contributed by atoms with Crippen LogP contribution in [0.3, 0.4) is 0 Å². The molecule has 1 amide bonds. The predicted molar refractivity (Wildman–Crippen MR) is 141 cm³/mol. The molecule has 1 saturated heterocycles. The van der Waals surface area contributed by atoms with E-state index in [9.17, 15) is 39.6 Å². The van der Waals surface area contributed by atoms with E-state index < -0.39 is 46.2 Å². The fourth-order valence-corrected chi connectivity index (χ4v) is 6.73. The fourth-order valence-electron chi connectivity index (χ4n) is 4.26. The predicted octanol–water partition coefficient (Wildman–Crippen LogP) is 3.47. The summed E-state index contributed by atoms with van der Waals surface area (Å²) in [5, 5.41) is 14.1. The third kappa shape index (κ3) is 7.42. The van der Waals surface area contributed by atoms with E-state index in [1.807, 2.05) is 0 Å². The number of alkyl halides is 6. The lowest BCUT2D eigenvalue weighted by atomic mass is 10.1. The van der Waals surface area contributed by atoms with Crippen LogP contribution in [0, 0.1) is 0 Å². The number of aromatic nitrogens is 4. The average Bonchev–Trinajstić information content (AvgIpc) is 3.39. The van der Waals surface area contributed by atoms with Crippen LogP contribution in [0.5, 0.6) is 11.5 Å². The molecule has 0 spiro atoms. The molecule has 1 atom stereocenters. The maximum atomic E-state index is 13.6. The quantitative estimate of drug-likeness (QED) is 0.279. The summed E-state index contributed by atoms with van der Waals surface area (Å²) in [5.74, 6) is -1.83. The Morgan fingerprint density at radius 3 is 2.16 bits per heavy atom. The number of hydrogen-bond acceptors (Lipinski definition) is 11. The summed E-state index contributed by atoms with van der Waals surface area (Å²) < 4.78 is 111. The van der Waals surface area contributed by atoms with E-state index in [2.05, 4.69) is 35.2 Å². The van der Waals surface area contributed by atoms with Gasteiger partial charge in [-0.15, -0.1) is 36.5 Å². The molecule has 44 heavy (non-hydrogen) atoms. The summed E-state index contributed by atoms with van der Waals surface area (Å²) in [4.78, 5) is 19.1. The van der Waals surface area contributed by atoms with E-state index in [0.29, 0.717) is 21.0 Å². The monoisotopic (exact) mass is 663 g/mol. The Labute approximate surface area is 248 Å². The Hall–Kier alpha value is -4.30. The highest BCUT2D eigenvalue weighted by Gasteiger charge is 2.41. The zero-order chi connectivity index (χ0) is 31.7. The van der Waals surface area contributed by atoms with Crippen LogP contribution in [0.1, 0.15) is 5.56 Å². The number of benzene rings is 2. The van der Waals surface area contributed by atoms with Gasteiger partial charge in [0.2, 0.25) is 15.9 Å². The molecule has 1 aliphatic rings. The smallest absolute Gasteiger partial charge is 0.406 e.